The molecule has 0 saturated heterocycles. The maximum Gasteiger partial charge on any atom is 0.315 e. The van der Waals surface area contributed by atoms with Crippen molar-refractivity contribution < 1.29 is 14.7 Å². The number of rotatable bonds is 5. The Balaban J connectivity index is 1.73. The van der Waals surface area contributed by atoms with Crippen LogP contribution in [-0.2, 0) is 11.3 Å². The molecular weight excluding hydrogens is 236 g/mol. The van der Waals surface area contributed by atoms with Gasteiger partial charge >= 0.3 is 12.0 Å². The molecule has 1 aliphatic rings. The summed E-state index contributed by atoms with van der Waals surface area (Å²) in [6.45, 7) is 0.464. The Bertz CT molecular complexity index is 426. The van der Waals surface area contributed by atoms with Crippen LogP contribution in [0.4, 0.5) is 4.79 Å². The van der Waals surface area contributed by atoms with Crippen molar-refractivity contribution in [3.05, 3.63) is 18.2 Å². The molecule has 0 radical (unpaired) electrons. The molecule has 1 heterocycles. The number of aromatic amines is 1. The third kappa shape index (κ3) is 2.61. The monoisotopic (exact) mass is 252 g/mol. The molecule has 0 aromatic carbocycles. The fourth-order valence-corrected chi connectivity index (χ4v) is 1.94. The van der Waals surface area contributed by atoms with Crippen molar-refractivity contribution in [2.75, 3.05) is 6.54 Å². The van der Waals surface area contributed by atoms with Crippen LogP contribution < -0.4 is 10.6 Å². The molecule has 1 aromatic rings. The van der Waals surface area contributed by atoms with Crippen LogP contribution in [0, 0.1) is 5.41 Å². The van der Waals surface area contributed by atoms with Gasteiger partial charge in [-0.25, -0.2) is 9.78 Å². The number of imidazole rings is 1. The molecule has 4 N–H and O–H groups in total. The van der Waals surface area contributed by atoms with Gasteiger partial charge in [-0.15, -0.1) is 0 Å². The lowest BCUT2D eigenvalue weighted by atomic mass is 9.69. The number of carbonyl (C=O) groups is 2. The van der Waals surface area contributed by atoms with E-state index in [0.717, 1.165) is 6.42 Å². The Hall–Kier alpha value is -2.05. The molecule has 2 rings (SSSR count). The second kappa shape index (κ2) is 5.07. The van der Waals surface area contributed by atoms with E-state index in [4.69, 9.17) is 5.11 Å². The highest BCUT2D eigenvalue weighted by molar-refractivity contribution is 5.78. The molecular formula is C11H16N4O3. The number of amides is 2. The topological polar surface area (TPSA) is 107 Å². The largest absolute Gasteiger partial charge is 0.481 e. The minimum atomic E-state index is -0.833. The van der Waals surface area contributed by atoms with Crippen LogP contribution in [0.25, 0.3) is 0 Å². The van der Waals surface area contributed by atoms with Gasteiger partial charge in [0, 0.05) is 18.9 Å². The Morgan fingerprint density at radius 3 is 2.72 bits per heavy atom. The Labute approximate surface area is 104 Å². The standard InChI is InChI=1S/C11H16N4O3/c16-9(17)11(2-1-3-11)7-15-10(18)14-6-8-12-4-5-13-8/h4-5H,1-3,6-7H2,(H,12,13)(H,16,17)(H2,14,15,18). The van der Waals surface area contributed by atoms with E-state index in [1.165, 1.54) is 0 Å². The molecule has 18 heavy (non-hydrogen) atoms. The van der Waals surface area contributed by atoms with Gasteiger partial charge in [0.1, 0.15) is 5.82 Å². The number of carboxylic acid groups (broad SMARTS) is 1. The van der Waals surface area contributed by atoms with Crippen LogP contribution in [0.15, 0.2) is 12.4 Å². The zero-order valence-electron chi connectivity index (χ0n) is 9.90. The van der Waals surface area contributed by atoms with Gasteiger partial charge in [-0.1, -0.05) is 6.42 Å². The highest BCUT2D eigenvalue weighted by Crippen LogP contribution is 2.40. The van der Waals surface area contributed by atoms with Crippen LogP contribution in [0.2, 0.25) is 0 Å². The van der Waals surface area contributed by atoms with Gasteiger partial charge < -0.3 is 20.7 Å². The predicted octanol–water partition coefficient (Wildman–Crippen LogP) is 0.464. The number of aromatic nitrogens is 2. The number of nitrogens with one attached hydrogen (secondary N) is 3. The maximum atomic E-state index is 11.5. The first-order chi connectivity index (χ1) is 8.62. The van der Waals surface area contributed by atoms with E-state index in [-0.39, 0.29) is 12.6 Å². The summed E-state index contributed by atoms with van der Waals surface area (Å²) in [4.78, 5) is 29.4. The van der Waals surface area contributed by atoms with Crippen molar-refractivity contribution in [1.29, 1.82) is 0 Å². The second-order valence-electron chi connectivity index (χ2n) is 4.51. The van der Waals surface area contributed by atoms with Crippen LogP contribution in [0.1, 0.15) is 25.1 Å². The minimum Gasteiger partial charge on any atom is -0.481 e. The lowest BCUT2D eigenvalue weighted by Crippen LogP contribution is -2.49. The van der Waals surface area contributed by atoms with Gasteiger partial charge in [0.05, 0.1) is 12.0 Å². The highest BCUT2D eigenvalue weighted by Gasteiger charge is 2.44. The number of urea groups is 1. The molecule has 1 aliphatic carbocycles. The molecule has 1 aromatic heterocycles. The first-order valence-electron chi connectivity index (χ1n) is 5.86. The molecule has 2 amide bonds. The third-order valence-corrected chi connectivity index (χ3v) is 3.32. The summed E-state index contributed by atoms with van der Waals surface area (Å²) in [5.74, 6) is -0.179. The van der Waals surface area contributed by atoms with Gasteiger partial charge in [-0.05, 0) is 12.8 Å². The number of carbonyl (C=O) groups excluding carboxylic acids is 1. The smallest absolute Gasteiger partial charge is 0.315 e. The minimum absolute atomic E-state index is 0.173. The van der Waals surface area contributed by atoms with Gasteiger partial charge in [0.25, 0.3) is 0 Å². The van der Waals surface area contributed by atoms with E-state index < -0.39 is 11.4 Å². The summed E-state index contributed by atoms with van der Waals surface area (Å²) < 4.78 is 0. The van der Waals surface area contributed by atoms with Gasteiger partial charge in [-0.3, -0.25) is 4.79 Å². The second-order valence-corrected chi connectivity index (χ2v) is 4.51. The van der Waals surface area contributed by atoms with Crippen LogP contribution in [-0.4, -0.2) is 33.6 Å². The van der Waals surface area contributed by atoms with E-state index in [1.807, 2.05) is 0 Å². The molecule has 7 nitrogen and oxygen atoms in total. The quantitative estimate of drug-likeness (QED) is 0.610. The number of hydrogen-bond acceptors (Lipinski definition) is 3. The average Bonchev–Trinajstić information content (AvgIpc) is 2.77. The number of hydrogen-bond donors (Lipinski definition) is 4. The number of aliphatic carboxylic acids is 1. The van der Waals surface area contributed by atoms with Crippen LogP contribution in [0.3, 0.4) is 0 Å². The van der Waals surface area contributed by atoms with Crippen molar-refractivity contribution in [1.82, 2.24) is 20.6 Å². The first-order valence-corrected chi connectivity index (χ1v) is 5.86. The summed E-state index contributed by atoms with van der Waals surface area (Å²) in [6.07, 6.45) is 5.43. The molecule has 0 aliphatic heterocycles. The number of nitrogens with zero attached hydrogens (tertiary/aromatic N) is 1. The zero-order chi connectivity index (χ0) is 13.0. The Morgan fingerprint density at radius 2 is 2.22 bits per heavy atom. The lowest BCUT2D eigenvalue weighted by Gasteiger charge is -2.37. The summed E-state index contributed by atoms with van der Waals surface area (Å²) in [6, 6.07) is -0.376. The average molecular weight is 252 g/mol. The molecule has 0 bridgehead atoms. The lowest BCUT2D eigenvalue weighted by molar-refractivity contribution is -0.153. The fourth-order valence-electron chi connectivity index (χ4n) is 1.94. The number of H-pyrrole nitrogens is 1. The summed E-state index contributed by atoms with van der Waals surface area (Å²) in [5, 5.41) is 14.3. The van der Waals surface area contributed by atoms with E-state index in [1.54, 1.807) is 12.4 Å². The third-order valence-electron chi connectivity index (χ3n) is 3.32. The van der Waals surface area contributed by atoms with Crippen molar-refractivity contribution >= 4 is 12.0 Å². The number of carboxylic acids is 1. The van der Waals surface area contributed by atoms with E-state index in [2.05, 4.69) is 20.6 Å². The van der Waals surface area contributed by atoms with Gasteiger partial charge in [0.2, 0.25) is 0 Å². The van der Waals surface area contributed by atoms with Gasteiger partial charge in [-0.2, -0.15) is 0 Å². The van der Waals surface area contributed by atoms with Crippen molar-refractivity contribution in [3.63, 3.8) is 0 Å². The van der Waals surface area contributed by atoms with E-state index in [9.17, 15) is 9.59 Å². The maximum absolute atomic E-state index is 11.5. The molecule has 98 valence electrons. The van der Waals surface area contributed by atoms with Crippen LogP contribution >= 0.6 is 0 Å². The van der Waals surface area contributed by atoms with Crippen LogP contribution in [0.5, 0.6) is 0 Å². The molecule has 0 unspecified atom stereocenters. The molecule has 0 atom stereocenters. The normalized spacial score (nSPS) is 16.7. The molecule has 1 saturated carbocycles. The SMILES string of the molecule is O=C(NCc1ncc[nH]1)NCC1(C(=O)O)CCC1. The Kier molecular flexibility index (Phi) is 3.50. The highest BCUT2D eigenvalue weighted by atomic mass is 16.4. The van der Waals surface area contributed by atoms with Crippen molar-refractivity contribution in [2.45, 2.75) is 25.8 Å². The Morgan fingerprint density at radius 1 is 1.44 bits per heavy atom. The van der Waals surface area contributed by atoms with Crippen molar-refractivity contribution in [3.8, 4) is 0 Å². The van der Waals surface area contributed by atoms with Crippen molar-refractivity contribution in [2.24, 2.45) is 5.41 Å². The van der Waals surface area contributed by atoms with E-state index in [0.29, 0.717) is 25.2 Å². The zero-order valence-corrected chi connectivity index (χ0v) is 9.90. The molecule has 0 spiro atoms. The van der Waals surface area contributed by atoms with E-state index >= 15 is 0 Å². The predicted molar refractivity (Wildman–Crippen MR) is 62.7 cm³/mol. The summed E-state index contributed by atoms with van der Waals surface area (Å²) >= 11 is 0. The summed E-state index contributed by atoms with van der Waals surface area (Å²) in [5.41, 5.74) is -0.762. The molecule has 7 heteroatoms. The van der Waals surface area contributed by atoms with Gasteiger partial charge in [0.15, 0.2) is 0 Å². The summed E-state index contributed by atoms with van der Waals surface area (Å²) in [7, 11) is 0. The first kappa shape index (κ1) is 12.4. The fraction of sp³-hybridized carbons (Fsp3) is 0.545. The molecule has 1 fully saturated rings.